The molecule has 0 amide bonds. The highest BCUT2D eigenvalue weighted by atomic mass is 35.7. The zero-order chi connectivity index (χ0) is 11.5. The lowest BCUT2D eigenvalue weighted by atomic mass is 9.98. The third kappa shape index (κ3) is 5.70. The molecule has 0 aliphatic carbocycles. The molecule has 90 valence electrons. The first kappa shape index (κ1) is 13.2. The van der Waals surface area contributed by atoms with Crippen molar-refractivity contribution in [3.63, 3.8) is 0 Å². The molecule has 0 aromatic carbocycles. The van der Waals surface area contributed by atoms with Crippen LogP contribution in [-0.2, 0) is 18.5 Å². The van der Waals surface area contributed by atoms with Crippen molar-refractivity contribution >= 4 is 19.7 Å². The Morgan fingerprint density at radius 1 is 1.53 bits per heavy atom. The quantitative estimate of drug-likeness (QED) is 0.698. The van der Waals surface area contributed by atoms with Gasteiger partial charge in [-0.2, -0.15) is 0 Å². The van der Waals surface area contributed by atoms with Crippen LogP contribution in [0.25, 0.3) is 0 Å². The van der Waals surface area contributed by atoms with Crippen molar-refractivity contribution in [3.05, 3.63) is 0 Å². The minimum Gasteiger partial charge on any atom is -0.379 e. The predicted octanol–water partition coefficient (Wildman–Crippen LogP) is 1.39. The topological polar surface area (TPSA) is 52.6 Å². The van der Waals surface area contributed by atoms with Gasteiger partial charge in [0.15, 0.2) is 0 Å². The lowest BCUT2D eigenvalue weighted by Gasteiger charge is -2.24. The fraction of sp³-hybridized carbons (Fsp3) is 1.00. The van der Waals surface area contributed by atoms with E-state index in [0.29, 0.717) is 13.2 Å². The molecule has 0 bridgehead atoms. The molecule has 0 aromatic heterocycles. The van der Waals surface area contributed by atoms with Crippen LogP contribution in [0.5, 0.6) is 0 Å². The highest BCUT2D eigenvalue weighted by Crippen LogP contribution is 2.22. The first-order valence-corrected chi connectivity index (χ1v) is 7.38. The van der Waals surface area contributed by atoms with Gasteiger partial charge in [-0.3, -0.25) is 0 Å². The summed E-state index contributed by atoms with van der Waals surface area (Å²) in [6.45, 7) is 5.35. The molecule has 1 rings (SSSR count). The van der Waals surface area contributed by atoms with Gasteiger partial charge in [0.25, 0.3) is 0 Å². The summed E-state index contributed by atoms with van der Waals surface area (Å²) in [7, 11) is 1.74. The van der Waals surface area contributed by atoms with Gasteiger partial charge < -0.3 is 9.47 Å². The smallest absolute Gasteiger partial charge is 0.233 e. The Morgan fingerprint density at radius 3 is 2.67 bits per heavy atom. The molecule has 1 heterocycles. The molecule has 1 atom stereocenters. The highest BCUT2D eigenvalue weighted by Gasteiger charge is 2.27. The van der Waals surface area contributed by atoms with Crippen molar-refractivity contribution in [1.29, 1.82) is 0 Å². The Balaban J connectivity index is 2.35. The first-order valence-electron chi connectivity index (χ1n) is 4.90. The summed E-state index contributed by atoms with van der Waals surface area (Å²) in [6, 6.07) is 0. The summed E-state index contributed by atoms with van der Waals surface area (Å²) in [4.78, 5) is 0. The Morgan fingerprint density at radius 2 is 2.20 bits per heavy atom. The third-order valence-corrected chi connectivity index (χ3v) is 3.61. The van der Waals surface area contributed by atoms with E-state index in [1.807, 2.05) is 13.8 Å². The molecule has 6 heteroatoms. The molecule has 1 saturated heterocycles. The predicted molar refractivity (Wildman–Crippen MR) is 58.6 cm³/mol. The van der Waals surface area contributed by atoms with E-state index < -0.39 is 14.5 Å². The van der Waals surface area contributed by atoms with E-state index in [9.17, 15) is 8.42 Å². The Labute approximate surface area is 95.3 Å². The molecular weight excluding hydrogens is 240 g/mol. The van der Waals surface area contributed by atoms with E-state index in [4.69, 9.17) is 20.2 Å². The van der Waals surface area contributed by atoms with E-state index in [1.54, 1.807) is 0 Å². The minimum absolute atomic E-state index is 0.0743. The lowest BCUT2D eigenvalue weighted by molar-refractivity contribution is 0.00497. The van der Waals surface area contributed by atoms with Crippen LogP contribution in [0.2, 0.25) is 0 Å². The second-order valence-electron chi connectivity index (χ2n) is 4.64. The monoisotopic (exact) mass is 256 g/mol. The minimum atomic E-state index is -3.47. The van der Waals surface area contributed by atoms with E-state index in [-0.39, 0.29) is 11.9 Å². The van der Waals surface area contributed by atoms with Gasteiger partial charge in [-0.15, -0.1) is 0 Å². The summed E-state index contributed by atoms with van der Waals surface area (Å²) in [5.41, 5.74) is -0.455. The molecule has 0 aromatic rings. The molecule has 0 spiro atoms. The van der Waals surface area contributed by atoms with Crippen LogP contribution in [0.3, 0.4) is 0 Å². The van der Waals surface area contributed by atoms with Crippen molar-refractivity contribution in [2.24, 2.45) is 5.41 Å². The van der Waals surface area contributed by atoms with Gasteiger partial charge in [0, 0.05) is 22.7 Å². The van der Waals surface area contributed by atoms with Crippen molar-refractivity contribution in [2.75, 3.05) is 25.6 Å². The Hall–Kier alpha value is 0.160. The van der Waals surface area contributed by atoms with Crippen molar-refractivity contribution in [2.45, 2.75) is 26.4 Å². The number of hydrogen-bond acceptors (Lipinski definition) is 4. The Bertz CT molecular complexity index is 293. The fourth-order valence-corrected chi connectivity index (χ4v) is 3.40. The molecule has 0 saturated carbocycles. The second kappa shape index (κ2) is 4.99. The van der Waals surface area contributed by atoms with Crippen LogP contribution >= 0.6 is 10.7 Å². The van der Waals surface area contributed by atoms with Crippen molar-refractivity contribution < 1.29 is 17.9 Å². The van der Waals surface area contributed by atoms with Crippen LogP contribution in [0.4, 0.5) is 0 Å². The zero-order valence-corrected chi connectivity index (χ0v) is 10.6. The number of rotatable bonds is 5. The molecule has 1 aliphatic rings. The normalized spacial score (nSPS) is 23.3. The Kier molecular flexibility index (Phi) is 4.40. The van der Waals surface area contributed by atoms with Crippen molar-refractivity contribution in [1.82, 2.24) is 0 Å². The van der Waals surface area contributed by atoms with E-state index in [2.05, 4.69) is 0 Å². The number of hydrogen-bond donors (Lipinski definition) is 0. The first-order chi connectivity index (χ1) is 6.79. The molecule has 1 aliphatic heterocycles. The second-order valence-corrected chi connectivity index (χ2v) is 7.42. The van der Waals surface area contributed by atoms with E-state index >= 15 is 0 Å². The maximum atomic E-state index is 10.9. The van der Waals surface area contributed by atoms with Gasteiger partial charge in [-0.1, -0.05) is 13.8 Å². The molecule has 0 radical (unpaired) electrons. The largest absolute Gasteiger partial charge is 0.379 e. The van der Waals surface area contributed by atoms with Gasteiger partial charge in [-0.05, 0) is 6.42 Å². The molecule has 1 unspecified atom stereocenters. The highest BCUT2D eigenvalue weighted by molar-refractivity contribution is 8.13. The molecule has 15 heavy (non-hydrogen) atoms. The molecule has 1 fully saturated rings. The molecule has 4 nitrogen and oxygen atoms in total. The van der Waals surface area contributed by atoms with E-state index in [0.717, 1.165) is 13.0 Å². The summed E-state index contributed by atoms with van der Waals surface area (Å²) in [6.07, 6.45) is 0.978. The van der Waals surface area contributed by atoms with E-state index in [1.165, 1.54) is 0 Å². The lowest BCUT2D eigenvalue weighted by Crippen LogP contribution is -2.29. The summed E-state index contributed by atoms with van der Waals surface area (Å²) >= 11 is 0. The average molecular weight is 257 g/mol. The van der Waals surface area contributed by atoms with Crippen LogP contribution < -0.4 is 0 Å². The average Bonchev–Trinajstić information content (AvgIpc) is 2.47. The van der Waals surface area contributed by atoms with Crippen LogP contribution in [0, 0.1) is 5.41 Å². The standard InChI is InChI=1S/C9H17ClO4S/c1-9(2,7-15(10,11)12)6-14-8-3-4-13-5-8/h8H,3-7H2,1-2H3. The van der Waals surface area contributed by atoms with Gasteiger partial charge in [0.1, 0.15) is 0 Å². The fourth-order valence-electron chi connectivity index (χ4n) is 1.50. The van der Waals surface area contributed by atoms with Gasteiger partial charge in [-0.25, -0.2) is 8.42 Å². The summed E-state index contributed by atoms with van der Waals surface area (Å²) in [5, 5.41) is 0. The maximum Gasteiger partial charge on any atom is 0.233 e. The molecular formula is C9H17ClO4S. The van der Waals surface area contributed by atoms with Gasteiger partial charge in [0.2, 0.25) is 9.05 Å². The molecule has 0 N–H and O–H groups in total. The number of halogens is 1. The van der Waals surface area contributed by atoms with Gasteiger partial charge >= 0.3 is 0 Å². The van der Waals surface area contributed by atoms with Gasteiger partial charge in [0.05, 0.1) is 25.1 Å². The van der Waals surface area contributed by atoms with Crippen LogP contribution in [0.15, 0.2) is 0 Å². The van der Waals surface area contributed by atoms with Crippen LogP contribution in [0.1, 0.15) is 20.3 Å². The van der Waals surface area contributed by atoms with Crippen molar-refractivity contribution in [3.8, 4) is 0 Å². The SMILES string of the molecule is CC(C)(COC1CCOC1)CS(=O)(=O)Cl. The number of ether oxygens (including phenoxy) is 2. The summed E-state index contributed by atoms with van der Waals surface area (Å²) < 4.78 is 32.6. The summed E-state index contributed by atoms with van der Waals surface area (Å²) in [5.74, 6) is -0.0743. The zero-order valence-electron chi connectivity index (χ0n) is 9.03. The maximum absolute atomic E-state index is 10.9. The van der Waals surface area contributed by atoms with Crippen LogP contribution in [-0.4, -0.2) is 40.1 Å². The third-order valence-electron chi connectivity index (χ3n) is 2.16.